The Kier molecular flexibility index (Phi) is 3.68. The van der Waals surface area contributed by atoms with Gasteiger partial charge < -0.3 is 15.0 Å². The molecule has 0 saturated carbocycles. The van der Waals surface area contributed by atoms with E-state index in [1.807, 2.05) is 36.9 Å². The molecule has 1 aromatic rings. The first-order chi connectivity index (χ1) is 10.4. The van der Waals surface area contributed by atoms with Crippen LogP contribution in [0.5, 0.6) is 0 Å². The van der Waals surface area contributed by atoms with E-state index in [2.05, 4.69) is 5.32 Å². The highest BCUT2D eigenvalue weighted by atomic mass is 16.5. The molecule has 2 heterocycles. The number of nitrogens with zero attached hydrogens (tertiary/aromatic N) is 1. The molecule has 1 fully saturated rings. The zero-order chi connectivity index (χ0) is 15.9. The zero-order valence-electron chi connectivity index (χ0n) is 13.3. The first kappa shape index (κ1) is 15.0. The van der Waals surface area contributed by atoms with Gasteiger partial charge in [0, 0.05) is 30.9 Å². The fourth-order valence-corrected chi connectivity index (χ4v) is 3.41. The Morgan fingerprint density at radius 1 is 1.41 bits per heavy atom. The average molecular weight is 302 g/mol. The summed E-state index contributed by atoms with van der Waals surface area (Å²) in [6.45, 7) is 6.09. The zero-order valence-corrected chi connectivity index (χ0v) is 13.3. The Balaban J connectivity index is 1.79. The molecule has 5 heteroatoms. The Morgan fingerprint density at radius 2 is 2.18 bits per heavy atom. The van der Waals surface area contributed by atoms with Crippen molar-refractivity contribution in [3.05, 3.63) is 23.8 Å². The van der Waals surface area contributed by atoms with E-state index in [-0.39, 0.29) is 17.9 Å². The molecule has 0 spiro atoms. The molecule has 0 unspecified atom stereocenters. The Hall–Kier alpha value is -1.88. The van der Waals surface area contributed by atoms with Gasteiger partial charge in [0.25, 0.3) is 5.91 Å². The number of amides is 2. The highest BCUT2D eigenvalue weighted by molar-refractivity contribution is 5.98. The van der Waals surface area contributed by atoms with E-state index in [0.29, 0.717) is 6.61 Å². The quantitative estimate of drug-likeness (QED) is 0.913. The van der Waals surface area contributed by atoms with Crippen LogP contribution in [0.25, 0.3) is 0 Å². The van der Waals surface area contributed by atoms with Gasteiger partial charge in [0.15, 0.2) is 0 Å². The van der Waals surface area contributed by atoms with Crippen molar-refractivity contribution < 1.29 is 14.3 Å². The van der Waals surface area contributed by atoms with E-state index in [4.69, 9.17) is 4.74 Å². The summed E-state index contributed by atoms with van der Waals surface area (Å²) in [5.41, 5.74) is 2.08. The maximum atomic E-state index is 12.4. The van der Waals surface area contributed by atoms with Crippen molar-refractivity contribution in [3.63, 3.8) is 0 Å². The predicted octanol–water partition coefficient (Wildman–Crippen LogP) is 2.49. The number of nitrogens with one attached hydrogen (secondary N) is 1. The Bertz CT molecular complexity index is 620. The van der Waals surface area contributed by atoms with E-state index in [1.54, 1.807) is 6.92 Å². The third kappa shape index (κ3) is 2.50. The number of hydrogen-bond acceptors (Lipinski definition) is 3. The number of benzene rings is 1. The Labute approximate surface area is 130 Å². The van der Waals surface area contributed by atoms with Crippen LogP contribution < -0.4 is 10.2 Å². The van der Waals surface area contributed by atoms with Crippen molar-refractivity contribution in [2.75, 3.05) is 16.8 Å². The Morgan fingerprint density at radius 3 is 2.82 bits per heavy atom. The number of ether oxygens (including phenoxy) is 1. The molecule has 0 bridgehead atoms. The SMILES string of the molecule is CC(=O)N1c2ccc(NC(=O)[C@@]3(C)CCCO3)cc2C[C@@H]1C. The monoisotopic (exact) mass is 302 g/mol. The molecule has 1 N–H and O–H groups in total. The maximum Gasteiger partial charge on any atom is 0.256 e. The number of rotatable bonds is 2. The van der Waals surface area contributed by atoms with Crippen molar-refractivity contribution in [1.82, 2.24) is 0 Å². The van der Waals surface area contributed by atoms with Crippen LogP contribution in [-0.4, -0.2) is 30.1 Å². The summed E-state index contributed by atoms with van der Waals surface area (Å²) in [5.74, 6) is -0.0469. The third-order valence-electron chi connectivity index (χ3n) is 4.59. The standard InChI is InChI=1S/C17H22N2O3/c1-11-9-13-10-14(5-6-15(13)19(11)12(2)20)18-16(21)17(3)7-4-8-22-17/h5-6,10-11H,4,7-9H2,1-3H3,(H,18,21)/t11-,17+/m0/s1. The van der Waals surface area contributed by atoms with Crippen LogP contribution >= 0.6 is 0 Å². The van der Waals surface area contributed by atoms with Gasteiger partial charge in [-0.15, -0.1) is 0 Å². The molecule has 0 aliphatic carbocycles. The van der Waals surface area contributed by atoms with Gasteiger partial charge in [0.05, 0.1) is 0 Å². The van der Waals surface area contributed by atoms with E-state index in [1.165, 1.54) is 0 Å². The molecule has 2 atom stereocenters. The molecule has 22 heavy (non-hydrogen) atoms. The third-order valence-corrected chi connectivity index (χ3v) is 4.59. The van der Waals surface area contributed by atoms with Crippen molar-refractivity contribution in [3.8, 4) is 0 Å². The first-order valence-electron chi connectivity index (χ1n) is 7.79. The van der Waals surface area contributed by atoms with Crippen LogP contribution in [0.4, 0.5) is 11.4 Å². The summed E-state index contributed by atoms with van der Waals surface area (Å²) < 4.78 is 5.57. The lowest BCUT2D eigenvalue weighted by Crippen LogP contribution is -2.39. The fourth-order valence-electron chi connectivity index (χ4n) is 3.41. The molecule has 0 radical (unpaired) electrons. The molecule has 2 aliphatic rings. The van der Waals surface area contributed by atoms with E-state index in [9.17, 15) is 9.59 Å². The molecule has 1 aromatic carbocycles. The van der Waals surface area contributed by atoms with Crippen molar-refractivity contribution in [2.24, 2.45) is 0 Å². The minimum absolute atomic E-state index is 0.0508. The van der Waals surface area contributed by atoms with Gasteiger partial charge in [0.2, 0.25) is 5.91 Å². The van der Waals surface area contributed by atoms with E-state index >= 15 is 0 Å². The van der Waals surface area contributed by atoms with Gasteiger partial charge in [-0.05, 0) is 56.9 Å². The first-order valence-corrected chi connectivity index (χ1v) is 7.79. The summed E-state index contributed by atoms with van der Waals surface area (Å²) in [5, 5.41) is 2.95. The topological polar surface area (TPSA) is 58.6 Å². The summed E-state index contributed by atoms with van der Waals surface area (Å²) >= 11 is 0. The van der Waals surface area contributed by atoms with E-state index in [0.717, 1.165) is 36.2 Å². The molecule has 5 nitrogen and oxygen atoms in total. The molecule has 2 amide bonds. The molecular weight excluding hydrogens is 280 g/mol. The second-order valence-corrected chi connectivity index (χ2v) is 6.42. The van der Waals surface area contributed by atoms with Gasteiger partial charge in [0.1, 0.15) is 5.60 Å². The number of carbonyl (C=O) groups is 2. The predicted molar refractivity (Wildman–Crippen MR) is 85.0 cm³/mol. The highest BCUT2D eigenvalue weighted by Gasteiger charge is 2.38. The normalized spacial score (nSPS) is 26.9. The average Bonchev–Trinajstić information content (AvgIpc) is 3.02. The summed E-state index contributed by atoms with van der Waals surface area (Å²) in [7, 11) is 0. The largest absolute Gasteiger partial charge is 0.365 e. The van der Waals surface area contributed by atoms with Crippen molar-refractivity contribution >= 4 is 23.2 Å². The molecule has 0 aromatic heterocycles. The van der Waals surface area contributed by atoms with Gasteiger partial charge in [-0.1, -0.05) is 0 Å². The minimum Gasteiger partial charge on any atom is -0.365 e. The number of fused-ring (bicyclic) bond motifs is 1. The summed E-state index contributed by atoms with van der Waals surface area (Å²) in [6.07, 6.45) is 2.48. The fraction of sp³-hybridized carbons (Fsp3) is 0.529. The molecule has 118 valence electrons. The van der Waals surface area contributed by atoms with Crippen LogP contribution in [0.2, 0.25) is 0 Å². The lowest BCUT2D eigenvalue weighted by molar-refractivity contribution is -0.133. The molecule has 2 aliphatic heterocycles. The van der Waals surface area contributed by atoms with Gasteiger partial charge in [-0.3, -0.25) is 9.59 Å². The van der Waals surface area contributed by atoms with Crippen LogP contribution in [0.3, 0.4) is 0 Å². The second-order valence-electron chi connectivity index (χ2n) is 6.42. The van der Waals surface area contributed by atoms with Crippen LogP contribution in [0.1, 0.15) is 39.2 Å². The molecule has 1 saturated heterocycles. The summed E-state index contributed by atoms with van der Waals surface area (Å²) in [6, 6.07) is 5.89. The summed E-state index contributed by atoms with van der Waals surface area (Å²) in [4.78, 5) is 25.9. The van der Waals surface area contributed by atoms with Gasteiger partial charge in [-0.25, -0.2) is 0 Å². The number of anilines is 2. The highest BCUT2D eigenvalue weighted by Crippen LogP contribution is 2.34. The molecule has 3 rings (SSSR count). The lowest BCUT2D eigenvalue weighted by Gasteiger charge is -2.22. The van der Waals surface area contributed by atoms with Crippen LogP contribution in [0.15, 0.2) is 18.2 Å². The number of carbonyl (C=O) groups excluding carboxylic acids is 2. The van der Waals surface area contributed by atoms with Gasteiger partial charge >= 0.3 is 0 Å². The van der Waals surface area contributed by atoms with Crippen molar-refractivity contribution in [1.29, 1.82) is 0 Å². The minimum atomic E-state index is -0.724. The van der Waals surface area contributed by atoms with Crippen molar-refractivity contribution in [2.45, 2.75) is 51.7 Å². The molecular formula is C17H22N2O3. The van der Waals surface area contributed by atoms with Gasteiger partial charge in [-0.2, -0.15) is 0 Å². The lowest BCUT2D eigenvalue weighted by atomic mass is 10.0. The second kappa shape index (κ2) is 5.39. The van der Waals surface area contributed by atoms with Crippen LogP contribution in [0, 0.1) is 0 Å². The number of hydrogen-bond donors (Lipinski definition) is 1. The van der Waals surface area contributed by atoms with E-state index < -0.39 is 5.60 Å². The maximum absolute atomic E-state index is 12.4. The van der Waals surface area contributed by atoms with Crippen LogP contribution in [-0.2, 0) is 20.7 Å². The smallest absolute Gasteiger partial charge is 0.256 e.